The predicted molar refractivity (Wildman–Crippen MR) is 103 cm³/mol. The highest BCUT2D eigenvalue weighted by molar-refractivity contribution is 5.95. The zero-order valence-electron chi connectivity index (χ0n) is 16.2. The van der Waals surface area contributed by atoms with Crippen molar-refractivity contribution < 1.29 is 14.7 Å². The molecule has 1 N–H and O–H groups in total. The van der Waals surface area contributed by atoms with Crippen LogP contribution in [0.25, 0.3) is 0 Å². The zero-order chi connectivity index (χ0) is 19.6. The minimum atomic E-state index is -0.879. The number of amides is 1. The molecule has 0 bridgehead atoms. The number of aromatic carboxylic acids is 1. The van der Waals surface area contributed by atoms with Gasteiger partial charge in [-0.1, -0.05) is 18.2 Å². The second-order valence-corrected chi connectivity index (χ2v) is 7.58. The first-order valence-corrected chi connectivity index (χ1v) is 9.53. The summed E-state index contributed by atoms with van der Waals surface area (Å²) >= 11 is 0. The maximum absolute atomic E-state index is 12.9. The van der Waals surface area contributed by atoms with E-state index in [2.05, 4.69) is 18.9 Å². The lowest BCUT2D eigenvalue weighted by Gasteiger charge is -2.32. The number of hydrogen-bond acceptors (Lipinski definition) is 3. The number of carboxylic acids is 1. The van der Waals surface area contributed by atoms with Crippen molar-refractivity contribution in [3.8, 4) is 0 Å². The minimum Gasteiger partial charge on any atom is -0.478 e. The van der Waals surface area contributed by atoms with Gasteiger partial charge >= 0.3 is 5.97 Å². The predicted octanol–water partition coefficient (Wildman–Crippen LogP) is 3.57. The summed E-state index contributed by atoms with van der Waals surface area (Å²) in [6.45, 7) is 7.44. The van der Waals surface area contributed by atoms with Gasteiger partial charge in [-0.05, 0) is 57.6 Å². The number of hydrogen-bond donors (Lipinski definition) is 1. The smallest absolute Gasteiger partial charge is 0.335 e. The molecular weight excluding hydrogens is 342 g/mol. The second kappa shape index (κ2) is 7.94. The Morgan fingerprint density at radius 3 is 2.44 bits per heavy atom. The average molecular weight is 369 g/mol. The summed E-state index contributed by atoms with van der Waals surface area (Å²) in [7, 11) is 0. The van der Waals surface area contributed by atoms with Crippen LogP contribution in [0.15, 0.2) is 30.5 Å². The van der Waals surface area contributed by atoms with Crippen molar-refractivity contribution >= 4 is 11.9 Å². The van der Waals surface area contributed by atoms with Gasteiger partial charge in [0.2, 0.25) is 0 Å². The fourth-order valence-electron chi connectivity index (χ4n) is 3.88. The number of aromatic nitrogens is 2. The molecule has 1 fully saturated rings. The Bertz CT molecular complexity index is 833. The fraction of sp³-hybridized carbons (Fsp3) is 0.476. The number of carboxylic acid groups (broad SMARTS) is 1. The van der Waals surface area contributed by atoms with Gasteiger partial charge in [0.15, 0.2) is 0 Å². The van der Waals surface area contributed by atoms with Gasteiger partial charge in [-0.3, -0.25) is 9.48 Å². The maximum Gasteiger partial charge on any atom is 0.335 e. The maximum atomic E-state index is 12.9. The van der Waals surface area contributed by atoms with E-state index in [0.29, 0.717) is 30.1 Å². The molecule has 3 rings (SSSR count). The molecule has 1 amide bonds. The van der Waals surface area contributed by atoms with Gasteiger partial charge in [0, 0.05) is 24.8 Å². The average Bonchev–Trinajstić information content (AvgIpc) is 3.03. The molecule has 6 nitrogen and oxygen atoms in total. The summed E-state index contributed by atoms with van der Waals surface area (Å²) in [6.07, 6.45) is 4.19. The van der Waals surface area contributed by atoms with Crippen LogP contribution in [0.1, 0.15) is 64.7 Å². The van der Waals surface area contributed by atoms with Gasteiger partial charge in [-0.15, -0.1) is 0 Å². The molecule has 1 aromatic heterocycles. The van der Waals surface area contributed by atoms with Crippen molar-refractivity contribution in [2.24, 2.45) is 5.92 Å². The Balaban J connectivity index is 1.62. The van der Waals surface area contributed by atoms with Crippen molar-refractivity contribution in [1.82, 2.24) is 14.7 Å². The normalized spacial score (nSPS) is 15.3. The van der Waals surface area contributed by atoms with Crippen molar-refractivity contribution in [3.05, 3.63) is 52.8 Å². The molecule has 2 heterocycles. The van der Waals surface area contributed by atoms with Gasteiger partial charge in [0.05, 0.1) is 17.3 Å². The SMILES string of the molecule is Cc1c(C(=O)N2CCC(Cc3ccccc3C(=O)O)CC2)cnn1C(C)C. The molecule has 0 atom stereocenters. The fourth-order valence-corrected chi connectivity index (χ4v) is 3.88. The topological polar surface area (TPSA) is 75.4 Å². The van der Waals surface area contributed by atoms with Crippen LogP contribution in [0, 0.1) is 12.8 Å². The third kappa shape index (κ3) is 4.04. The summed E-state index contributed by atoms with van der Waals surface area (Å²) in [4.78, 5) is 26.1. The largest absolute Gasteiger partial charge is 0.478 e. The monoisotopic (exact) mass is 369 g/mol. The lowest BCUT2D eigenvalue weighted by atomic mass is 9.88. The van der Waals surface area contributed by atoms with E-state index in [1.807, 2.05) is 28.6 Å². The van der Waals surface area contributed by atoms with Crippen LogP contribution in [0.2, 0.25) is 0 Å². The number of benzene rings is 1. The Hall–Kier alpha value is -2.63. The summed E-state index contributed by atoms with van der Waals surface area (Å²) < 4.78 is 1.88. The molecule has 1 aliphatic heterocycles. The zero-order valence-corrected chi connectivity index (χ0v) is 16.2. The highest BCUT2D eigenvalue weighted by Gasteiger charge is 2.27. The molecule has 6 heteroatoms. The summed E-state index contributed by atoms with van der Waals surface area (Å²) in [5.41, 5.74) is 2.85. The van der Waals surface area contributed by atoms with Gasteiger partial charge in [-0.25, -0.2) is 4.79 Å². The van der Waals surface area contributed by atoms with E-state index in [0.717, 1.165) is 30.5 Å². The quantitative estimate of drug-likeness (QED) is 0.874. The van der Waals surface area contributed by atoms with E-state index in [-0.39, 0.29) is 11.9 Å². The van der Waals surface area contributed by atoms with E-state index in [9.17, 15) is 14.7 Å². The van der Waals surface area contributed by atoms with Gasteiger partial charge in [0.25, 0.3) is 5.91 Å². The Morgan fingerprint density at radius 2 is 1.85 bits per heavy atom. The van der Waals surface area contributed by atoms with Crippen molar-refractivity contribution in [2.75, 3.05) is 13.1 Å². The van der Waals surface area contributed by atoms with Crippen molar-refractivity contribution in [3.63, 3.8) is 0 Å². The van der Waals surface area contributed by atoms with E-state index in [4.69, 9.17) is 0 Å². The van der Waals surface area contributed by atoms with Crippen molar-refractivity contribution in [2.45, 2.75) is 46.1 Å². The Kier molecular flexibility index (Phi) is 5.63. The van der Waals surface area contributed by atoms with Crippen LogP contribution in [0.5, 0.6) is 0 Å². The molecule has 0 unspecified atom stereocenters. The van der Waals surface area contributed by atoms with Crippen LogP contribution in [0.4, 0.5) is 0 Å². The first-order valence-electron chi connectivity index (χ1n) is 9.53. The molecule has 0 saturated carbocycles. The number of likely N-dealkylation sites (tertiary alicyclic amines) is 1. The number of carbonyl (C=O) groups excluding carboxylic acids is 1. The molecule has 1 aliphatic rings. The second-order valence-electron chi connectivity index (χ2n) is 7.58. The number of nitrogens with zero attached hydrogens (tertiary/aromatic N) is 3. The van der Waals surface area contributed by atoms with Crippen molar-refractivity contribution in [1.29, 1.82) is 0 Å². The van der Waals surface area contributed by atoms with Crippen LogP contribution in [-0.2, 0) is 6.42 Å². The van der Waals surface area contributed by atoms with E-state index in [1.165, 1.54) is 0 Å². The van der Waals surface area contributed by atoms with Crippen LogP contribution in [0.3, 0.4) is 0 Å². The molecule has 0 aliphatic carbocycles. The minimum absolute atomic E-state index is 0.0452. The van der Waals surface area contributed by atoms with E-state index in [1.54, 1.807) is 18.3 Å². The molecule has 0 radical (unpaired) electrons. The highest BCUT2D eigenvalue weighted by atomic mass is 16.4. The first kappa shape index (κ1) is 19.1. The van der Waals surface area contributed by atoms with Gasteiger partial charge < -0.3 is 10.0 Å². The third-order valence-corrected chi connectivity index (χ3v) is 5.42. The van der Waals surface area contributed by atoms with Gasteiger partial charge in [-0.2, -0.15) is 5.10 Å². The first-order chi connectivity index (χ1) is 12.9. The Labute approximate surface area is 159 Å². The van der Waals surface area contributed by atoms with Crippen LogP contribution in [-0.4, -0.2) is 44.8 Å². The standard InChI is InChI=1S/C21H27N3O3/c1-14(2)24-15(3)19(13-22-24)20(25)23-10-8-16(9-11-23)12-17-6-4-5-7-18(17)21(26)27/h4-7,13-14,16H,8-12H2,1-3H3,(H,26,27). The molecule has 27 heavy (non-hydrogen) atoms. The number of carbonyl (C=O) groups is 2. The molecule has 144 valence electrons. The summed E-state index contributed by atoms with van der Waals surface area (Å²) in [5, 5.41) is 13.7. The van der Waals surface area contributed by atoms with E-state index < -0.39 is 5.97 Å². The van der Waals surface area contributed by atoms with E-state index >= 15 is 0 Å². The Morgan fingerprint density at radius 1 is 1.19 bits per heavy atom. The molecule has 1 aromatic carbocycles. The van der Waals surface area contributed by atoms with Crippen LogP contribution >= 0.6 is 0 Å². The number of piperidine rings is 1. The molecule has 0 spiro atoms. The lowest BCUT2D eigenvalue weighted by Crippen LogP contribution is -2.39. The van der Waals surface area contributed by atoms with Gasteiger partial charge in [0.1, 0.15) is 0 Å². The molecule has 2 aromatic rings. The molecular formula is C21H27N3O3. The summed E-state index contributed by atoms with van der Waals surface area (Å²) in [5.74, 6) is -0.436. The highest BCUT2D eigenvalue weighted by Crippen LogP contribution is 2.25. The molecule has 1 saturated heterocycles. The van der Waals surface area contributed by atoms with Crippen LogP contribution < -0.4 is 0 Å². The number of rotatable bonds is 5. The lowest BCUT2D eigenvalue weighted by molar-refractivity contribution is 0.0689. The summed E-state index contributed by atoms with van der Waals surface area (Å²) in [6, 6.07) is 7.42. The third-order valence-electron chi connectivity index (χ3n) is 5.42.